The lowest BCUT2D eigenvalue weighted by atomic mass is 10.2. The van der Waals surface area contributed by atoms with Crippen LogP contribution in [0.1, 0.15) is 10.4 Å². The van der Waals surface area contributed by atoms with Crippen molar-refractivity contribution >= 4 is 21.6 Å². The van der Waals surface area contributed by atoms with Gasteiger partial charge in [-0.2, -0.15) is 13.1 Å². The Morgan fingerprint density at radius 1 is 1.13 bits per heavy atom. The number of methoxy groups -OCH3 is 1. The van der Waals surface area contributed by atoms with E-state index in [4.69, 9.17) is 9.47 Å². The number of halogens is 2. The molecule has 162 valence electrons. The fourth-order valence-electron chi connectivity index (χ4n) is 2.88. The minimum absolute atomic E-state index is 0.0356. The highest BCUT2D eigenvalue weighted by Crippen LogP contribution is 2.30. The van der Waals surface area contributed by atoms with E-state index in [0.29, 0.717) is 13.2 Å². The summed E-state index contributed by atoms with van der Waals surface area (Å²) in [4.78, 5) is 12.6. The average Bonchev–Trinajstić information content (AvgIpc) is 2.74. The van der Waals surface area contributed by atoms with Gasteiger partial charge in [-0.15, -0.1) is 0 Å². The van der Waals surface area contributed by atoms with Gasteiger partial charge in [0, 0.05) is 24.3 Å². The highest BCUT2D eigenvalue weighted by Gasteiger charge is 2.26. The molecule has 1 aliphatic rings. The molecule has 0 spiro atoms. The molecule has 3 rings (SSSR count). The highest BCUT2D eigenvalue weighted by molar-refractivity contribution is 7.89. The van der Waals surface area contributed by atoms with Gasteiger partial charge in [-0.25, -0.2) is 8.42 Å². The minimum Gasteiger partial charge on any atom is -0.493 e. The maximum atomic E-state index is 12.8. The van der Waals surface area contributed by atoms with Crippen LogP contribution in [0.15, 0.2) is 47.4 Å². The zero-order chi connectivity index (χ0) is 21.7. The van der Waals surface area contributed by atoms with Gasteiger partial charge >= 0.3 is 6.61 Å². The summed E-state index contributed by atoms with van der Waals surface area (Å²) >= 11 is 0. The topological polar surface area (TPSA) is 94.2 Å². The van der Waals surface area contributed by atoms with Gasteiger partial charge in [0.25, 0.3) is 5.91 Å². The van der Waals surface area contributed by atoms with Crippen molar-refractivity contribution in [2.24, 2.45) is 0 Å². The quantitative estimate of drug-likeness (QED) is 0.709. The fourth-order valence-corrected chi connectivity index (χ4v) is 4.33. The molecule has 0 bridgehead atoms. The molecule has 0 aliphatic carbocycles. The molecule has 1 aliphatic heterocycles. The van der Waals surface area contributed by atoms with Crippen molar-refractivity contribution < 1.29 is 36.2 Å². The number of hydrogen-bond acceptors (Lipinski definition) is 6. The maximum absolute atomic E-state index is 12.8. The Bertz CT molecular complexity index is 1010. The Hall–Kier alpha value is -2.76. The Labute approximate surface area is 172 Å². The fraction of sp³-hybridized carbons (Fsp3) is 0.316. The molecule has 1 heterocycles. The Balaban J connectivity index is 1.78. The molecule has 11 heteroatoms. The third-order valence-electron chi connectivity index (χ3n) is 4.34. The summed E-state index contributed by atoms with van der Waals surface area (Å²) in [5, 5.41) is 2.59. The van der Waals surface area contributed by atoms with Crippen LogP contribution in [0.25, 0.3) is 0 Å². The van der Waals surface area contributed by atoms with Crippen molar-refractivity contribution in [3.8, 4) is 11.5 Å². The number of benzene rings is 2. The Morgan fingerprint density at radius 2 is 1.87 bits per heavy atom. The molecule has 0 saturated carbocycles. The number of rotatable bonds is 7. The Kier molecular flexibility index (Phi) is 6.85. The number of anilines is 1. The number of alkyl halides is 2. The second-order valence-electron chi connectivity index (χ2n) is 6.24. The number of morpholine rings is 1. The molecule has 0 unspecified atom stereocenters. The van der Waals surface area contributed by atoms with Crippen molar-refractivity contribution in [3.05, 3.63) is 48.0 Å². The number of amides is 1. The summed E-state index contributed by atoms with van der Waals surface area (Å²) in [6, 6.07) is 9.60. The predicted octanol–water partition coefficient (Wildman–Crippen LogP) is 2.57. The monoisotopic (exact) mass is 442 g/mol. The lowest BCUT2D eigenvalue weighted by Crippen LogP contribution is -2.40. The van der Waals surface area contributed by atoms with Crippen molar-refractivity contribution in [2.75, 3.05) is 38.7 Å². The Morgan fingerprint density at radius 3 is 2.53 bits per heavy atom. The van der Waals surface area contributed by atoms with Crippen LogP contribution in [-0.2, 0) is 14.8 Å². The minimum atomic E-state index is -3.72. The van der Waals surface area contributed by atoms with Crippen LogP contribution in [0.2, 0.25) is 0 Å². The van der Waals surface area contributed by atoms with Crippen LogP contribution in [0, 0.1) is 0 Å². The zero-order valence-corrected chi connectivity index (χ0v) is 16.8. The molecular formula is C19H20F2N2O6S. The van der Waals surface area contributed by atoms with E-state index < -0.39 is 22.5 Å². The van der Waals surface area contributed by atoms with Gasteiger partial charge in [0.05, 0.1) is 25.2 Å². The van der Waals surface area contributed by atoms with Crippen LogP contribution >= 0.6 is 0 Å². The van der Waals surface area contributed by atoms with Crippen LogP contribution in [-0.4, -0.2) is 58.7 Å². The summed E-state index contributed by atoms with van der Waals surface area (Å²) in [7, 11) is -2.46. The summed E-state index contributed by atoms with van der Waals surface area (Å²) < 4.78 is 66.2. The second-order valence-corrected chi connectivity index (χ2v) is 8.18. The van der Waals surface area contributed by atoms with Crippen molar-refractivity contribution in [3.63, 3.8) is 0 Å². The van der Waals surface area contributed by atoms with Crippen LogP contribution < -0.4 is 14.8 Å². The van der Waals surface area contributed by atoms with Crippen molar-refractivity contribution in [1.29, 1.82) is 0 Å². The van der Waals surface area contributed by atoms with Crippen molar-refractivity contribution in [2.45, 2.75) is 11.5 Å². The number of nitrogens with zero attached hydrogens (tertiary/aromatic N) is 1. The zero-order valence-electron chi connectivity index (χ0n) is 16.0. The summed E-state index contributed by atoms with van der Waals surface area (Å²) in [5.41, 5.74) is 0.385. The third-order valence-corrected chi connectivity index (χ3v) is 6.24. The standard InChI is InChI=1S/C19H20F2N2O6S/c1-27-17-11-13(5-6-16(17)29-19(20)21)18(24)22-14-3-2-4-15(12-14)30(25,26)23-7-9-28-10-8-23/h2-6,11-12,19H,7-10H2,1H3,(H,22,24). The largest absolute Gasteiger partial charge is 0.493 e. The third kappa shape index (κ3) is 5.04. The van der Waals surface area contributed by atoms with E-state index in [1.54, 1.807) is 6.07 Å². The molecule has 2 aromatic carbocycles. The predicted molar refractivity (Wildman–Crippen MR) is 104 cm³/mol. The first kappa shape index (κ1) is 21.9. The number of carbonyl (C=O) groups is 1. The first-order valence-electron chi connectivity index (χ1n) is 8.93. The summed E-state index contributed by atoms with van der Waals surface area (Å²) in [6.45, 7) is -1.88. The molecule has 0 atom stereocenters. The molecule has 1 saturated heterocycles. The van der Waals surface area contributed by atoms with E-state index in [-0.39, 0.29) is 40.7 Å². The molecule has 1 amide bonds. The lowest BCUT2D eigenvalue weighted by molar-refractivity contribution is -0.0512. The molecule has 0 radical (unpaired) electrons. The molecular weight excluding hydrogens is 422 g/mol. The van der Waals surface area contributed by atoms with E-state index in [1.165, 1.54) is 47.8 Å². The number of nitrogens with one attached hydrogen (secondary N) is 1. The van der Waals surface area contributed by atoms with E-state index in [9.17, 15) is 22.0 Å². The number of carbonyl (C=O) groups excluding carboxylic acids is 1. The van der Waals surface area contributed by atoms with Gasteiger partial charge in [-0.3, -0.25) is 4.79 Å². The van der Waals surface area contributed by atoms with Gasteiger partial charge in [0.15, 0.2) is 11.5 Å². The molecule has 8 nitrogen and oxygen atoms in total. The summed E-state index contributed by atoms with van der Waals surface area (Å²) in [6.07, 6.45) is 0. The van der Waals surface area contributed by atoms with Gasteiger partial charge in [0.2, 0.25) is 10.0 Å². The highest BCUT2D eigenvalue weighted by atomic mass is 32.2. The second kappa shape index (κ2) is 9.37. The van der Waals surface area contributed by atoms with E-state index in [2.05, 4.69) is 10.1 Å². The molecule has 1 N–H and O–H groups in total. The maximum Gasteiger partial charge on any atom is 0.387 e. The number of sulfonamides is 1. The lowest BCUT2D eigenvalue weighted by Gasteiger charge is -2.26. The first-order valence-corrected chi connectivity index (χ1v) is 10.4. The van der Waals surface area contributed by atoms with Crippen molar-refractivity contribution in [1.82, 2.24) is 4.31 Å². The smallest absolute Gasteiger partial charge is 0.387 e. The normalized spacial score (nSPS) is 15.1. The summed E-state index contributed by atoms with van der Waals surface area (Å²) in [5.74, 6) is -0.813. The van der Waals surface area contributed by atoms with Crippen LogP contribution in [0.4, 0.5) is 14.5 Å². The SMILES string of the molecule is COc1cc(C(=O)Nc2cccc(S(=O)(=O)N3CCOCC3)c2)ccc1OC(F)F. The number of ether oxygens (including phenoxy) is 3. The van der Waals surface area contributed by atoms with Crippen LogP contribution in [0.5, 0.6) is 11.5 Å². The van der Waals surface area contributed by atoms with Crippen LogP contribution in [0.3, 0.4) is 0 Å². The van der Waals surface area contributed by atoms with E-state index in [1.807, 2.05) is 0 Å². The van der Waals surface area contributed by atoms with E-state index >= 15 is 0 Å². The van der Waals surface area contributed by atoms with Gasteiger partial charge in [0.1, 0.15) is 0 Å². The molecule has 1 fully saturated rings. The van der Waals surface area contributed by atoms with E-state index in [0.717, 1.165) is 0 Å². The van der Waals surface area contributed by atoms with Gasteiger partial charge < -0.3 is 19.5 Å². The number of hydrogen-bond donors (Lipinski definition) is 1. The van der Waals surface area contributed by atoms with Gasteiger partial charge in [-0.05, 0) is 36.4 Å². The molecule has 0 aromatic heterocycles. The molecule has 2 aromatic rings. The van der Waals surface area contributed by atoms with Gasteiger partial charge in [-0.1, -0.05) is 6.07 Å². The first-order chi connectivity index (χ1) is 14.3. The molecule has 30 heavy (non-hydrogen) atoms. The average molecular weight is 442 g/mol.